The first-order chi connectivity index (χ1) is 46.5. The quantitative estimate of drug-likeness (QED) is 0.160. The van der Waals surface area contributed by atoms with Crippen molar-refractivity contribution < 1.29 is 4.42 Å². The predicted octanol–water partition coefficient (Wildman–Crippen LogP) is 22.3. The van der Waals surface area contributed by atoms with Crippen molar-refractivity contribution in [3.05, 3.63) is 299 Å². The molecule has 0 saturated heterocycles. The molecule has 0 bridgehead atoms. The highest BCUT2D eigenvalue weighted by molar-refractivity contribution is 7.19. The van der Waals surface area contributed by atoms with Crippen molar-refractivity contribution in [2.45, 2.75) is 57.3 Å². The highest BCUT2D eigenvalue weighted by Gasteiger charge is 2.45. The van der Waals surface area contributed by atoms with Gasteiger partial charge < -0.3 is 22.7 Å². The topological polar surface area (TPSA) is 58.6 Å². The zero-order valence-corrected chi connectivity index (χ0v) is 53.8. The molecule has 18 aromatic rings. The van der Waals surface area contributed by atoms with E-state index >= 15 is 0 Å². The average Bonchev–Trinajstić information content (AvgIpc) is 1.54. The summed E-state index contributed by atoms with van der Waals surface area (Å²) in [6.45, 7) is 12.0. The van der Waals surface area contributed by atoms with Crippen molar-refractivity contribution in [1.29, 1.82) is 0 Å². The molecule has 7 nitrogen and oxygen atoms in total. The van der Waals surface area contributed by atoms with Gasteiger partial charge >= 0.3 is 0 Å². The molecule has 0 amide bonds. The summed E-state index contributed by atoms with van der Waals surface area (Å²) < 4.78 is 19.1. The Kier molecular flexibility index (Phi) is 10.5. The maximum atomic E-state index is 7.68. The van der Waals surface area contributed by atoms with E-state index < -0.39 is 5.41 Å². The van der Waals surface area contributed by atoms with Gasteiger partial charge in [-0.15, -0.1) is 11.3 Å². The molecule has 0 spiro atoms. The van der Waals surface area contributed by atoms with Crippen LogP contribution in [0.5, 0.6) is 0 Å². The van der Waals surface area contributed by atoms with Gasteiger partial charge in [-0.25, -0.2) is 9.97 Å². The van der Waals surface area contributed by atoms with Crippen LogP contribution in [-0.2, 0) is 22.7 Å². The maximum Gasteiger partial charge on any atom is 0.160 e. The SMILES string of the molecule is CC1(C)c2sc3ccccc3c2-n2c3ccc(-c4nc(-c5ccccc5)cc(-c5cccc(-c6cc7c(o6)C(C)(Cc6cccc8c6c6cccc9c6n8-c6c(n(-c8ccccc8)c8ccccc68)C9(C)C)c6cccc8c9ccccc9n-7c68)c5)n4)cc3c3cccc1c32. The molecule has 3 aliphatic heterocycles. The van der Waals surface area contributed by atoms with Crippen LogP contribution >= 0.6 is 11.3 Å². The minimum Gasteiger partial charge on any atom is -0.458 e. The van der Waals surface area contributed by atoms with E-state index in [4.69, 9.17) is 14.4 Å². The van der Waals surface area contributed by atoms with Gasteiger partial charge in [-0.1, -0.05) is 216 Å². The van der Waals surface area contributed by atoms with Gasteiger partial charge in [-0.05, 0) is 102 Å². The van der Waals surface area contributed by atoms with Gasteiger partial charge in [0.1, 0.15) is 11.5 Å². The fourth-order valence-corrected chi connectivity index (χ4v) is 18.9. The van der Waals surface area contributed by atoms with Gasteiger partial charge in [0.2, 0.25) is 0 Å². The molecule has 1 atom stereocenters. The Labute approximate surface area is 551 Å². The van der Waals surface area contributed by atoms with Crippen LogP contribution in [0.25, 0.3) is 154 Å². The molecular weight excluding hydrogens is 1180 g/mol. The molecule has 450 valence electrons. The molecule has 21 rings (SSSR count). The monoisotopic (exact) mass is 1240 g/mol. The molecule has 95 heavy (non-hydrogen) atoms. The van der Waals surface area contributed by atoms with Crippen LogP contribution in [-0.4, -0.2) is 28.2 Å². The Morgan fingerprint density at radius 1 is 0.389 bits per heavy atom. The van der Waals surface area contributed by atoms with Crippen LogP contribution in [0.3, 0.4) is 0 Å². The highest BCUT2D eigenvalue weighted by atomic mass is 32.1. The molecule has 10 heterocycles. The third-order valence-corrected chi connectivity index (χ3v) is 23.3. The summed E-state index contributed by atoms with van der Waals surface area (Å²) in [6.07, 6.45) is 0.694. The molecule has 3 aliphatic rings. The minimum absolute atomic E-state index is 0.169. The van der Waals surface area contributed by atoms with Crippen LogP contribution in [0.4, 0.5) is 0 Å². The largest absolute Gasteiger partial charge is 0.458 e. The summed E-state index contributed by atoms with van der Waals surface area (Å²) in [5.74, 6) is 2.42. The van der Waals surface area contributed by atoms with Crippen molar-refractivity contribution in [2.24, 2.45) is 0 Å². The smallest absolute Gasteiger partial charge is 0.160 e. The van der Waals surface area contributed by atoms with E-state index in [-0.39, 0.29) is 10.8 Å². The van der Waals surface area contributed by atoms with Gasteiger partial charge in [0.05, 0.1) is 78.2 Å². The first kappa shape index (κ1) is 53.2. The standard InChI is InChI=1S/C87H60N6OS/c1-85(2)63-36-22-35-61-75-54(27-19-41-71(75)93(78(61)63)79-59-31-13-16-40-69(59)90(81(79)85)55-28-10-7-11-29-55)49-87(5)65-38-21-33-57-56-30-12-15-39-68(56)91(77(57)65)72-48-73(94-82(72)87)52-26-18-25-51(45-52)67-47-66(50-23-8-6-9-24-50)88-84(89-67)53-43-44-70-62(46-53)58-34-20-37-64-76(58)92(70)80-60-32-14-17-42-74(60)95-83(80)86(64,3)4/h6-48H,49H2,1-5H3. The van der Waals surface area contributed by atoms with Gasteiger partial charge in [-0.3, -0.25) is 0 Å². The minimum atomic E-state index is -0.613. The number of hydrogen-bond donors (Lipinski definition) is 0. The lowest BCUT2D eigenvalue weighted by Crippen LogP contribution is -2.31. The number of hydrogen-bond acceptors (Lipinski definition) is 4. The lowest BCUT2D eigenvalue weighted by atomic mass is 9.72. The van der Waals surface area contributed by atoms with Crippen molar-refractivity contribution in [1.82, 2.24) is 28.2 Å². The number of rotatable bonds is 7. The van der Waals surface area contributed by atoms with Gasteiger partial charge in [-0.2, -0.15) is 0 Å². The summed E-state index contributed by atoms with van der Waals surface area (Å²) in [5, 5.41) is 9.98. The zero-order valence-electron chi connectivity index (χ0n) is 53.0. The summed E-state index contributed by atoms with van der Waals surface area (Å²) >= 11 is 1.92. The molecule has 8 heteroatoms. The molecular formula is C87H60N6OS. The first-order valence-electron chi connectivity index (χ1n) is 33.1. The molecule has 1 unspecified atom stereocenters. The van der Waals surface area contributed by atoms with Crippen molar-refractivity contribution in [3.8, 4) is 68.0 Å². The van der Waals surface area contributed by atoms with Crippen LogP contribution < -0.4 is 0 Å². The van der Waals surface area contributed by atoms with E-state index in [1.165, 1.54) is 125 Å². The molecule has 0 N–H and O–H groups in total. The molecule has 0 radical (unpaired) electrons. The van der Waals surface area contributed by atoms with Crippen LogP contribution in [0.2, 0.25) is 0 Å². The lowest BCUT2D eigenvalue weighted by molar-refractivity contribution is 0.408. The molecule has 0 saturated carbocycles. The Balaban J connectivity index is 0.731. The van der Waals surface area contributed by atoms with Crippen molar-refractivity contribution in [3.63, 3.8) is 0 Å². The number of thiophene rings is 1. The Morgan fingerprint density at radius 2 is 0.958 bits per heavy atom. The molecule has 0 aliphatic carbocycles. The Bertz CT molecular complexity index is 6400. The van der Waals surface area contributed by atoms with E-state index in [1.807, 2.05) is 11.3 Å². The maximum absolute atomic E-state index is 7.68. The predicted molar refractivity (Wildman–Crippen MR) is 392 cm³/mol. The van der Waals surface area contributed by atoms with Gasteiger partial charge in [0, 0.05) is 97.5 Å². The highest BCUT2D eigenvalue weighted by Crippen LogP contribution is 2.57. The van der Waals surface area contributed by atoms with Crippen LogP contribution in [0.15, 0.2) is 265 Å². The second-order valence-corrected chi connectivity index (χ2v) is 28.9. The molecule has 7 aromatic heterocycles. The third-order valence-electron chi connectivity index (χ3n) is 21.9. The average molecular weight is 1240 g/mol. The fraction of sp³-hybridized carbons (Fsp3) is 0.103. The van der Waals surface area contributed by atoms with Gasteiger partial charge in [0.25, 0.3) is 0 Å². The summed E-state index contributed by atoms with van der Waals surface area (Å²) in [4.78, 5) is 12.4. The van der Waals surface area contributed by atoms with Gasteiger partial charge in [0.15, 0.2) is 5.82 Å². The fourth-order valence-electron chi connectivity index (χ4n) is 17.6. The number of fused-ring (bicyclic) bond motifs is 19. The van der Waals surface area contributed by atoms with Crippen LogP contribution in [0.1, 0.15) is 73.2 Å². The first-order valence-corrected chi connectivity index (χ1v) is 33.9. The molecule has 11 aromatic carbocycles. The zero-order chi connectivity index (χ0) is 63.0. The van der Waals surface area contributed by atoms with E-state index in [1.54, 1.807) is 0 Å². The third kappa shape index (κ3) is 6.98. The lowest BCUT2D eigenvalue weighted by Gasteiger charge is -2.34. The van der Waals surface area contributed by atoms with E-state index in [2.05, 4.69) is 314 Å². The summed E-state index contributed by atoms with van der Waals surface area (Å²) in [7, 11) is 0. The van der Waals surface area contributed by atoms with Crippen molar-refractivity contribution >= 4 is 97.7 Å². The Hall–Kier alpha value is -11.3. The number of para-hydroxylation sites is 6. The van der Waals surface area contributed by atoms with Crippen molar-refractivity contribution in [2.75, 3.05) is 0 Å². The number of furan rings is 1. The second-order valence-electron chi connectivity index (χ2n) is 27.8. The van der Waals surface area contributed by atoms with E-state index in [0.717, 1.165) is 62.1 Å². The van der Waals surface area contributed by atoms with E-state index in [0.29, 0.717) is 12.2 Å². The Morgan fingerprint density at radius 3 is 1.76 bits per heavy atom. The number of nitrogens with zero attached hydrogens (tertiary/aromatic N) is 6. The summed E-state index contributed by atoms with van der Waals surface area (Å²) in [5.41, 5.74) is 24.3. The van der Waals surface area contributed by atoms with E-state index in [9.17, 15) is 0 Å². The number of benzene rings is 11. The number of aromatic nitrogens is 6. The summed E-state index contributed by atoms with van der Waals surface area (Å²) in [6, 6.07) is 96.0. The second kappa shape index (κ2) is 18.7. The van der Waals surface area contributed by atoms with Crippen LogP contribution in [0, 0.1) is 0 Å². The molecule has 0 fully saturated rings. The normalized spacial score (nSPS) is 15.7.